The zero-order valence-corrected chi connectivity index (χ0v) is 11.5. The molecule has 0 atom stereocenters. The third-order valence-electron chi connectivity index (χ3n) is 4.22. The molecule has 2 rings (SSSR count). The molecule has 0 aliphatic carbocycles. The van der Waals surface area contributed by atoms with Crippen molar-refractivity contribution in [3.63, 3.8) is 0 Å². The molecule has 104 valence electrons. The molecule has 0 unspecified atom stereocenters. The number of likely N-dealkylation sites (tertiary alicyclic amines) is 2. The zero-order chi connectivity index (χ0) is 13.0. The summed E-state index contributed by atoms with van der Waals surface area (Å²) in [5, 5.41) is 0. The first-order valence-corrected chi connectivity index (χ1v) is 6.74. The molecule has 0 saturated carbocycles. The molecule has 5 nitrogen and oxygen atoms in total. The first kappa shape index (κ1) is 13.6. The van der Waals surface area contributed by atoms with Crippen LogP contribution >= 0.6 is 0 Å². The Morgan fingerprint density at radius 3 is 2.39 bits per heavy atom. The van der Waals surface area contributed by atoms with Crippen LogP contribution in [-0.2, 0) is 9.47 Å². The molecule has 2 aliphatic heterocycles. The zero-order valence-electron chi connectivity index (χ0n) is 11.5. The molecule has 5 heteroatoms. The molecular weight excluding hydrogens is 232 g/mol. The third kappa shape index (κ3) is 3.14. The Morgan fingerprint density at radius 2 is 1.83 bits per heavy atom. The van der Waals surface area contributed by atoms with Crippen LogP contribution in [0.25, 0.3) is 0 Å². The summed E-state index contributed by atoms with van der Waals surface area (Å²) in [6, 6.07) is 0. The van der Waals surface area contributed by atoms with Gasteiger partial charge in [-0.3, -0.25) is 0 Å². The van der Waals surface area contributed by atoms with E-state index in [1.54, 1.807) is 7.11 Å². The number of nitrogens with zero attached hydrogens (tertiary/aromatic N) is 2. The van der Waals surface area contributed by atoms with Crippen molar-refractivity contribution in [3.8, 4) is 0 Å². The highest BCUT2D eigenvalue weighted by molar-refractivity contribution is 5.67. The van der Waals surface area contributed by atoms with Gasteiger partial charge in [0.15, 0.2) is 0 Å². The van der Waals surface area contributed by atoms with Crippen molar-refractivity contribution >= 4 is 6.09 Å². The summed E-state index contributed by atoms with van der Waals surface area (Å²) >= 11 is 0. The highest BCUT2D eigenvalue weighted by atomic mass is 16.6. The van der Waals surface area contributed by atoms with Gasteiger partial charge in [0.25, 0.3) is 0 Å². The predicted molar refractivity (Wildman–Crippen MR) is 68.6 cm³/mol. The summed E-state index contributed by atoms with van der Waals surface area (Å²) in [5.41, 5.74) is 0.456. The van der Waals surface area contributed by atoms with E-state index in [-0.39, 0.29) is 6.09 Å². The second-order valence-corrected chi connectivity index (χ2v) is 5.58. The van der Waals surface area contributed by atoms with E-state index in [0.29, 0.717) is 18.6 Å². The topological polar surface area (TPSA) is 42.0 Å². The first-order chi connectivity index (χ1) is 8.65. The molecule has 2 fully saturated rings. The summed E-state index contributed by atoms with van der Waals surface area (Å²) in [6.07, 6.45) is 3.30. The van der Waals surface area contributed by atoms with Crippen molar-refractivity contribution in [2.45, 2.75) is 19.3 Å². The average molecular weight is 256 g/mol. The number of amides is 1. The number of methoxy groups -OCH3 is 1. The number of ether oxygens (including phenoxy) is 2. The lowest BCUT2D eigenvalue weighted by molar-refractivity contribution is 0.0508. The van der Waals surface area contributed by atoms with Crippen molar-refractivity contribution in [1.82, 2.24) is 9.80 Å². The Hall–Kier alpha value is -0.810. The molecule has 0 aromatic carbocycles. The van der Waals surface area contributed by atoms with Gasteiger partial charge in [-0.1, -0.05) is 0 Å². The van der Waals surface area contributed by atoms with Crippen LogP contribution in [-0.4, -0.2) is 69.4 Å². The number of carbonyl (C=O) groups excluding carboxylic acids is 1. The fourth-order valence-corrected chi connectivity index (χ4v) is 3.03. The van der Waals surface area contributed by atoms with E-state index in [2.05, 4.69) is 11.9 Å². The van der Waals surface area contributed by atoms with Crippen LogP contribution in [0.2, 0.25) is 0 Å². The van der Waals surface area contributed by atoms with Crippen molar-refractivity contribution in [2.24, 2.45) is 5.41 Å². The molecular formula is C13H24N2O3. The third-order valence-corrected chi connectivity index (χ3v) is 4.22. The number of rotatable bonds is 3. The average Bonchev–Trinajstić information content (AvgIpc) is 2.72. The van der Waals surface area contributed by atoms with Crippen LogP contribution in [0.4, 0.5) is 4.79 Å². The van der Waals surface area contributed by atoms with Gasteiger partial charge in [0.2, 0.25) is 0 Å². The van der Waals surface area contributed by atoms with E-state index < -0.39 is 0 Å². The minimum atomic E-state index is -0.187. The first-order valence-electron chi connectivity index (χ1n) is 6.74. The normalized spacial score (nSPS) is 23.6. The maximum atomic E-state index is 11.8. The number of hydrogen-bond donors (Lipinski definition) is 0. The van der Waals surface area contributed by atoms with Gasteiger partial charge in [-0.05, 0) is 38.3 Å². The summed E-state index contributed by atoms with van der Waals surface area (Å²) < 4.78 is 10.0. The standard InChI is InChI=1S/C13H24N2O3/c1-14-6-3-13(11-14)4-7-15(8-5-13)12(16)18-10-9-17-2/h3-11H2,1-2H3. The van der Waals surface area contributed by atoms with Gasteiger partial charge in [-0.25, -0.2) is 4.79 Å². The molecule has 2 saturated heterocycles. The maximum absolute atomic E-state index is 11.8. The van der Waals surface area contributed by atoms with Crippen LogP contribution < -0.4 is 0 Å². The van der Waals surface area contributed by atoms with Crippen molar-refractivity contribution < 1.29 is 14.3 Å². The van der Waals surface area contributed by atoms with Gasteiger partial charge in [0.1, 0.15) is 6.61 Å². The molecule has 0 aromatic rings. The Morgan fingerprint density at radius 1 is 1.17 bits per heavy atom. The molecule has 18 heavy (non-hydrogen) atoms. The van der Waals surface area contributed by atoms with Crippen molar-refractivity contribution in [2.75, 3.05) is 53.6 Å². The molecule has 0 radical (unpaired) electrons. The Bertz CT molecular complexity index is 288. The largest absolute Gasteiger partial charge is 0.447 e. The number of hydrogen-bond acceptors (Lipinski definition) is 4. The number of carbonyl (C=O) groups is 1. The molecule has 1 spiro atoms. The van der Waals surface area contributed by atoms with Gasteiger partial charge < -0.3 is 19.3 Å². The predicted octanol–water partition coefficient (Wildman–Crippen LogP) is 1.19. The summed E-state index contributed by atoms with van der Waals surface area (Å²) in [7, 11) is 3.79. The summed E-state index contributed by atoms with van der Waals surface area (Å²) in [5.74, 6) is 0. The highest BCUT2D eigenvalue weighted by Gasteiger charge is 2.40. The monoisotopic (exact) mass is 256 g/mol. The maximum Gasteiger partial charge on any atom is 0.409 e. The molecule has 2 aliphatic rings. The van der Waals surface area contributed by atoms with Gasteiger partial charge in [0.05, 0.1) is 6.61 Å². The molecule has 0 bridgehead atoms. The Balaban J connectivity index is 1.74. The van der Waals surface area contributed by atoms with Crippen LogP contribution in [0.15, 0.2) is 0 Å². The van der Waals surface area contributed by atoms with E-state index in [1.165, 1.54) is 19.5 Å². The Kier molecular flexibility index (Phi) is 4.45. The SMILES string of the molecule is COCCOC(=O)N1CCC2(CCN(C)C2)CC1. The lowest BCUT2D eigenvalue weighted by atomic mass is 9.78. The lowest BCUT2D eigenvalue weighted by Crippen LogP contribution is -2.44. The second-order valence-electron chi connectivity index (χ2n) is 5.58. The summed E-state index contributed by atoms with van der Waals surface area (Å²) in [6.45, 7) is 4.85. The van der Waals surface area contributed by atoms with E-state index in [0.717, 1.165) is 25.9 Å². The van der Waals surface area contributed by atoms with Gasteiger partial charge in [-0.15, -0.1) is 0 Å². The highest BCUT2D eigenvalue weighted by Crippen LogP contribution is 2.39. The number of piperidine rings is 1. The van der Waals surface area contributed by atoms with Gasteiger partial charge in [-0.2, -0.15) is 0 Å². The molecule has 0 N–H and O–H groups in total. The molecule has 1 amide bonds. The fourth-order valence-electron chi connectivity index (χ4n) is 3.03. The quantitative estimate of drug-likeness (QED) is 0.711. The van der Waals surface area contributed by atoms with E-state index in [9.17, 15) is 4.79 Å². The van der Waals surface area contributed by atoms with Crippen LogP contribution in [0.5, 0.6) is 0 Å². The summed E-state index contributed by atoms with van der Waals surface area (Å²) in [4.78, 5) is 16.0. The fraction of sp³-hybridized carbons (Fsp3) is 0.923. The van der Waals surface area contributed by atoms with Crippen LogP contribution in [0, 0.1) is 5.41 Å². The van der Waals surface area contributed by atoms with E-state index in [4.69, 9.17) is 9.47 Å². The van der Waals surface area contributed by atoms with Gasteiger partial charge in [0, 0.05) is 26.7 Å². The minimum Gasteiger partial charge on any atom is -0.447 e. The van der Waals surface area contributed by atoms with Crippen LogP contribution in [0.1, 0.15) is 19.3 Å². The van der Waals surface area contributed by atoms with Crippen molar-refractivity contribution in [1.29, 1.82) is 0 Å². The van der Waals surface area contributed by atoms with E-state index >= 15 is 0 Å². The second kappa shape index (κ2) is 5.89. The molecule has 0 aromatic heterocycles. The lowest BCUT2D eigenvalue weighted by Gasteiger charge is -2.38. The van der Waals surface area contributed by atoms with Crippen molar-refractivity contribution in [3.05, 3.63) is 0 Å². The van der Waals surface area contributed by atoms with Gasteiger partial charge >= 0.3 is 6.09 Å². The minimum absolute atomic E-state index is 0.187. The van der Waals surface area contributed by atoms with E-state index in [1.807, 2.05) is 4.90 Å². The smallest absolute Gasteiger partial charge is 0.409 e. The Labute approximate surface area is 109 Å². The molecule has 2 heterocycles. The van der Waals surface area contributed by atoms with Crippen LogP contribution in [0.3, 0.4) is 0 Å².